The van der Waals surface area contributed by atoms with Crippen LogP contribution in [0.3, 0.4) is 0 Å². The van der Waals surface area contributed by atoms with Crippen LogP contribution in [0.25, 0.3) is 0 Å². The molecular weight excluding hydrogens is 129 g/mol. The molecule has 44 valence electrons. The van der Waals surface area contributed by atoms with Crippen LogP contribution < -0.4 is 4.72 Å². The molecule has 0 bridgehead atoms. The van der Waals surface area contributed by atoms with Crippen LogP contribution in [0.1, 0.15) is 0 Å². The van der Waals surface area contributed by atoms with Gasteiger partial charge in [0.25, 0.3) is 0 Å². The standard InChI is InChI=1S/C4H4FNOS/c5-4-2-1-3-8(7)6-4/h1-3,6H. The molecule has 0 aromatic rings. The number of hydrogen-bond donors (Lipinski definition) is 1. The first kappa shape index (κ1) is 5.50. The smallest absolute Gasteiger partial charge is 0.199 e. The SMILES string of the molecule is O=S1C=CC=C(F)N1. The van der Waals surface area contributed by atoms with Crippen molar-refractivity contribution in [2.24, 2.45) is 0 Å². The summed E-state index contributed by atoms with van der Waals surface area (Å²) in [6.07, 6.45) is 2.61. The first-order valence-electron chi connectivity index (χ1n) is 2.00. The maximum atomic E-state index is 11.9. The largest absolute Gasteiger partial charge is 0.278 e. The van der Waals surface area contributed by atoms with E-state index in [-0.39, 0.29) is 0 Å². The van der Waals surface area contributed by atoms with E-state index in [1.165, 1.54) is 17.6 Å². The predicted octanol–water partition coefficient (Wildman–Crippen LogP) is 0.578. The monoisotopic (exact) mass is 133 g/mol. The van der Waals surface area contributed by atoms with Crippen LogP contribution in [0.2, 0.25) is 0 Å². The van der Waals surface area contributed by atoms with Crippen molar-refractivity contribution in [1.29, 1.82) is 0 Å². The second-order valence-electron chi connectivity index (χ2n) is 1.24. The lowest BCUT2D eigenvalue weighted by atomic mass is 10.6. The fourth-order valence-electron chi connectivity index (χ4n) is 0.359. The molecule has 8 heavy (non-hydrogen) atoms. The van der Waals surface area contributed by atoms with Gasteiger partial charge in [-0.25, -0.2) is 4.21 Å². The molecule has 0 radical (unpaired) electrons. The van der Waals surface area contributed by atoms with Crippen LogP contribution in [0, 0.1) is 0 Å². The van der Waals surface area contributed by atoms with Gasteiger partial charge in [0.05, 0.1) is 0 Å². The second kappa shape index (κ2) is 2.09. The minimum Gasteiger partial charge on any atom is -0.278 e. The molecule has 1 aliphatic rings. The average Bonchev–Trinajstić information content (AvgIpc) is 1.64. The van der Waals surface area contributed by atoms with Crippen LogP contribution in [0.15, 0.2) is 23.5 Å². The van der Waals surface area contributed by atoms with E-state index in [4.69, 9.17) is 0 Å². The summed E-state index contributed by atoms with van der Waals surface area (Å²) >= 11 is 0. The highest BCUT2D eigenvalue weighted by atomic mass is 32.2. The number of hydrogen-bond acceptors (Lipinski definition) is 1. The molecule has 0 amide bonds. The Kier molecular flexibility index (Phi) is 1.43. The van der Waals surface area contributed by atoms with Gasteiger partial charge in [0.15, 0.2) is 5.95 Å². The van der Waals surface area contributed by atoms with Gasteiger partial charge >= 0.3 is 0 Å². The summed E-state index contributed by atoms with van der Waals surface area (Å²) in [5.41, 5.74) is 0. The first-order chi connectivity index (χ1) is 3.79. The molecule has 0 saturated heterocycles. The predicted molar refractivity (Wildman–Crippen MR) is 29.6 cm³/mol. The highest BCUT2D eigenvalue weighted by Crippen LogP contribution is 1.98. The maximum absolute atomic E-state index is 11.9. The van der Waals surface area contributed by atoms with Crippen molar-refractivity contribution in [2.45, 2.75) is 0 Å². The lowest BCUT2D eigenvalue weighted by Gasteiger charge is -1.99. The zero-order valence-corrected chi connectivity index (χ0v) is 4.74. The van der Waals surface area contributed by atoms with Gasteiger partial charge in [-0.05, 0) is 12.2 Å². The summed E-state index contributed by atoms with van der Waals surface area (Å²) in [7, 11) is -1.34. The van der Waals surface area contributed by atoms with Crippen LogP contribution in [0.4, 0.5) is 4.39 Å². The molecule has 1 heterocycles. The summed E-state index contributed by atoms with van der Waals surface area (Å²) in [4.78, 5) is 0. The molecule has 4 heteroatoms. The molecule has 1 N–H and O–H groups in total. The van der Waals surface area contributed by atoms with E-state index >= 15 is 0 Å². The third kappa shape index (κ3) is 1.16. The quantitative estimate of drug-likeness (QED) is 0.481. The van der Waals surface area contributed by atoms with Gasteiger partial charge < -0.3 is 0 Å². The summed E-state index contributed by atoms with van der Waals surface area (Å²) in [6.45, 7) is 0. The van der Waals surface area contributed by atoms with Crippen LogP contribution in [-0.4, -0.2) is 4.21 Å². The Morgan fingerprint density at radius 2 is 2.50 bits per heavy atom. The van der Waals surface area contributed by atoms with Gasteiger partial charge in [0.2, 0.25) is 0 Å². The van der Waals surface area contributed by atoms with Gasteiger partial charge in [0.1, 0.15) is 11.0 Å². The number of nitrogens with one attached hydrogen (secondary N) is 1. The molecule has 0 saturated carbocycles. The molecule has 0 spiro atoms. The van der Waals surface area contributed by atoms with Gasteiger partial charge in [-0.2, -0.15) is 4.39 Å². The Hall–Kier alpha value is -0.640. The van der Waals surface area contributed by atoms with Crippen molar-refractivity contribution in [3.8, 4) is 0 Å². The van der Waals surface area contributed by atoms with E-state index in [1.54, 1.807) is 0 Å². The normalized spacial score (nSPS) is 26.6. The van der Waals surface area contributed by atoms with Crippen molar-refractivity contribution in [3.05, 3.63) is 23.5 Å². The Morgan fingerprint density at radius 1 is 1.75 bits per heavy atom. The van der Waals surface area contributed by atoms with E-state index in [1.807, 2.05) is 0 Å². The number of rotatable bonds is 0. The van der Waals surface area contributed by atoms with Crippen molar-refractivity contribution in [1.82, 2.24) is 4.72 Å². The van der Waals surface area contributed by atoms with E-state index in [0.717, 1.165) is 0 Å². The zero-order valence-electron chi connectivity index (χ0n) is 3.93. The van der Waals surface area contributed by atoms with Crippen molar-refractivity contribution >= 4 is 11.0 Å². The number of halogens is 1. The van der Waals surface area contributed by atoms with Crippen molar-refractivity contribution in [2.75, 3.05) is 0 Å². The van der Waals surface area contributed by atoms with Crippen LogP contribution in [-0.2, 0) is 11.0 Å². The highest BCUT2D eigenvalue weighted by Gasteiger charge is 1.99. The Labute approximate surface area is 48.7 Å². The molecule has 0 aliphatic carbocycles. The second-order valence-corrected chi connectivity index (χ2v) is 2.31. The minimum absolute atomic E-state index is 0.550. The van der Waals surface area contributed by atoms with Crippen molar-refractivity contribution < 1.29 is 8.60 Å². The third-order valence-corrected chi connectivity index (χ3v) is 1.44. The van der Waals surface area contributed by atoms with Gasteiger partial charge in [-0.15, -0.1) is 0 Å². The molecule has 1 unspecified atom stereocenters. The van der Waals surface area contributed by atoms with Gasteiger partial charge in [0, 0.05) is 5.41 Å². The molecule has 1 rings (SSSR count). The summed E-state index contributed by atoms with van der Waals surface area (Å²) < 4.78 is 24.3. The fourth-order valence-corrected chi connectivity index (χ4v) is 0.909. The van der Waals surface area contributed by atoms with E-state index < -0.39 is 16.9 Å². The Morgan fingerprint density at radius 3 is 2.88 bits per heavy atom. The van der Waals surface area contributed by atoms with Gasteiger partial charge in [-0.1, -0.05) is 0 Å². The van der Waals surface area contributed by atoms with E-state index in [9.17, 15) is 8.60 Å². The van der Waals surface area contributed by atoms with E-state index in [2.05, 4.69) is 4.72 Å². The van der Waals surface area contributed by atoms with Crippen LogP contribution in [0.5, 0.6) is 0 Å². The molecule has 2 nitrogen and oxygen atoms in total. The molecular formula is C4H4FNOS. The van der Waals surface area contributed by atoms with E-state index in [0.29, 0.717) is 0 Å². The number of allylic oxidation sites excluding steroid dienone is 2. The lowest BCUT2D eigenvalue weighted by Crippen LogP contribution is -2.13. The molecule has 0 fully saturated rings. The fraction of sp³-hybridized carbons (Fsp3) is 0. The lowest BCUT2D eigenvalue weighted by molar-refractivity contribution is 0.596. The Bertz CT molecular complexity index is 175. The third-order valence-electron chi connectivity index (χ3n) is 0.643. The highest BCUT2D eigenvalue weighted by molar-refractivity contribution is 7.86. The van der Waals surface area contributed by atoms with Crippen molar-refractivity contribution in [3.63, 3.8) is 0 Å². The van der Waals surface area contributed by atoms with Crippen LogP contribution >= 0.6 is 0 Å². The molecule has 0 aromatic carbocycles. The Balaban J connectivity index is 2.73. The summed E-state index contributed by atoms with van der Waals surface area (Å²) in [5.74, 6) is -0.550. The topological polar surface area (TPSA) is 29.1 Å². The molecule has 0 aromatic heterocycles. The average molecular weight is 133 g/mol. The summed E-state index contributed by atoms with van der Waals surface area (Å²) in [5, 5.41) is 1.36. The maximum Gasteiger partial charge on any atom is 0.199 e. The minimum atomic E-state index is -1.34. The zero-order chi connectivity index (χ0) is 5.98. The summed E-state index contributed by atoms with van der Waals surface area (Å²) in [6, 6.07) is 0. The molecule has 1 aliphatic heterocycles. The first-order valence-corrected chi connectivity index (χ1v) is 3.21. The molecule has 1 atom stereocenters. The van der Waals surface area contributed by atoms with Gasteiger partial charge in [-0.3, -0.25) is 4.72 Å².